The van der Waals surface area contributed by atoms with Crippen molar-refractivity contribution in [2.75, 3.05) is 0 Å². The summed E-state index contributed by atoms with van der Waals surface area (Å²) < 4.78 is 0. The standard InChI is InChI=1S/C28H50/c1-5-7-9-11-13-15-17-19-21-23-25-28(27(3)4)26-24-22-20-18-16-14-12-10-8-6-2/h13-16,19-22,27-28H,5-12,17-18,23-26H2,1-4H3/b15-13+,16-14+,21-19+,22-20+. The van der Waals surface area contributed by atoms with Crippen molar-refractivity contribution in [2.24, 2.45) is 11.8 Å². The van der Waals surface area contributed by atoms with E-state index in [1.165, 1.54) is 77.0 Å². The summed E-state index contributed by atoms with van der Waals surface area (Å²) in [6, 6.07) is 0. The molecular weight excluding hydrogens is 336 g/mol. The van der Waals surface area contributed by atoms with Gasteiger partial charge in [0, 0.05) is 0 Å². The molecule has 0 spiro atoms. The Morgan fingerprint density at radius 2 is 0.893 bits per heavy atom. The molecule has 0 aromatic heterocycles. The molecular formula is C28H50. The summed E-state index contributed by atoms with van der Waals surface area (Å²) >= 11 is 0. The lowest BCUT2D eigenvalue weighted by Crippen LogP contribution is -2.07. The first kappa shape index (κ1) is 27.0. The van der Waals surface area contributed by atoms with Crippen LogP contribution >= 0.6 is 0 Å². The van der Waals surface area contributed by atoms with E-state index in [9.17, 15) is 0 Å². The molecule has 28 heavy (non-hydrogen) atoms. The van der Waals surface area contributed by atoms with Crippen LogP contribution in [0.15, 0.2) is 48.6 Å². The van der Waals surface area contributed by atoms with Crippen LogP contribution in [0, 0.1) is 11.8 Å². The zero-order chi connectivity index (χ0) is 20.7. The van der Waals surface area contributed by atoms with Gasteiger partial charge in [0.15, 0.2) is 0 Å². The van der Waals surface area contributed by atoms with Crippen LogP contribution in [-0.2, 0) is 0 Å². The maximum atomic E-state index is 2.39. The second kappa shape index (κ2) is 22.3. The maximum Gasteiger partial charge on any atom is -0.0169 e. The van der Waals surface area contributed by atoms with Crippen LogP contribution in [-0.4, -0.2) is 0 Å². The highest BCUT2D eigenvalue weighted by atomic mass is 14.2. The van der Waals surface area contributed by atoms with Gasteiger partial charge >= 0.3 is 0 Å². The number of unbranched alkanes of at least 4 members (excludes halogenated alkanes) is 6. The molecule has 0 aliphatic heterocycles. The lowest BCUT2D eigenvalue weighted by molar-refractivity contribution is 0.341. The second-order valence-electron chi connectivity index (χ2n) is 8.51. The van der Waals surface area contributed by atoms with E-state index in [-0.39, 0.29) is 0 Å². The van der Waals surface area contributed by atoms with E-state index < -0.39 is 0 Å². The van der Waals surface area contributed by atoms with Gasteiger partial charge in [0.05, 0.1) is 0 Å². The molecule has 0 saturated heterocycles. The van der Waals surface area contributed by atoms with Crippen molar-refractivity contribution in [3.05, 3.63) is 48.6 Å². The fourth-order valence-corrected chi connectivity index (χ4v) is 3.47. The predicted octanol–water partition coefficient (Wildman–Crippen LogP) is 9.98. The Bertz CT molecular complexity index is 372. The lowest BCUT2D eigenvalue weighted by atomic mass is 9.87. The van der Waals surface area contributed by atoms with Crippen LogP contribution in [0.5, 0.6) is 0 Å². The third-order valence-electron chi connectivity index (χ3n) is 5.51. The molecule has 0 fully saturated rings. The third-order valence-corrected chi connectivity index (χ3v) is 5.51. The van der Waals surface area contributed by atoms with Crippen LogP contribution < -0.4 is 0 Å². The summed E-state index contributed by atoms with van der Waals surface area (Å²) in [7, 11) is 0. The number of rotatable bonds is 19. The molecule has 0 aromatic rings. The van der Waals surface area contributed by atoms with Gasteiger partial charge in [-0.25, -0.2) is 0 Å². The van der Waals surface area contributed by atoms with E-state index in [4.69, 9.17) is 0 Å². The van der Waals surface area contributed by atoms with Crippen molar-refractivity contribution in [3.8, 4) is 0 Å². The van der Waals surface area contributed by atoms with Gasteiger partial charge in [0.25, 0.3) is 0 Å². The molecule has 0 bridgehead atoms. The number of hydrogen-bond donors (Lipinski definition) is 0. The third kappa shape index (κ3) is 19.7. The molecule has 0 nitrogen and oxygen atoms in total. The molecule has 0 aliphatic carbocycles. The van der Waals surface area contributed by atoms with Crippen molar-refractivity contribution < 1.29 is 0 Å². The van der Waals surface area contributed by atoms with E-state index in [1.54, 1.807) is 0 Å². The van der Waals surface area contributed by atoms with E-state index in [2.05, 4.69) is 76.3 Å². The molecule has 0 heteroatoms. The van der Waals surface area contributed by atoms with E-state index in [0.29, 0.717) is 0 Å². The van der Waals surface area contributed by atoms with Gasteiger partial charge in [-0.3, -0.25) is 0 Å². The number of allylic oxidation sites excluding steroid dienone is 8. The Kier molecular flexibility index (Phi) is 21.4. The van der Waals surface area contributed by atoms with Gasteiger partial charge < -0.3 is 0 Å². The van der Waals surface area contributed by atoms with E-state index in [1.807, 2.05) is 0 Å². The Balaban J connectivity index is 3.80. The molecule has 0 aromatic carbocycles. The fraction of sp³-hybridized carbons (Fsp3) is 0.714. The molecule has 0 N–H and O–H groups in total. The van der Waals surface area contributed by atoms with Crippen molar-refractivity contribution in [1.82, 2.24) is 0 Å². The molecule has 0 unspecified atom stereocenters. The van der Waals surface area contributed by atoms with Crippen LogP contribution in [0.25, 0.3) is 0 Å². The molecule has 0 heterocycles. The summed E-state index contributed by atoms with van der Waals surface area (Å²) in [5, 5.41) is 0. The van der Waals surface area contributed by atoms with Gasteiger partial charge in [0.2, 0.25) is 0 Å². The predicted molar refractivity (Wildman–Crippen MR) is 131 cm³/mol. The largest absolute Gasteiger partial charge is 0.0882 e. The summed E-state index contributed by atoms with van der Waals surface area (Å²) in [4.78, 5) is 0. The molecule has 0 rings (SSSR count). The van der Waals surface area contributed by atoms with Gasteiger partial charge in [-0.05, 0) is 76.0 Å². The van der Waals surface area contributed by atoms with Gasteiger partial charge in [0.1, 0.15) is 0 Å². The van der Waals surface area contributed by atoms with Crippen molar-refractivity contribution in [1.29, 1.82) is 0 Å². The number of hydrogen-bond acceptors (Lipinski definition) is 0. The van der Waals surface area contributed by atoms with Gasteiger partial charge in [-0.1, -0.05) is 102 Å². The normalized spacial score (nSPS) is 12.9. The zero-order valence-corrected chi connectivity index (χ0v) is 19.7. The molecule has 0 amide bonds. The Labute approximate surface area is 178 Å². The summed E-state index contributed by atoms with van der Waals surface area (Å²) in [6.45, 7) is 9.30. The highest BCUT2D eigenvalue weighted by molar-refractivity contribution is 4.94. The Morgan fingerprint density at radius 3 is 1.25 bits per heavy atom. The lowest BCUT2D eigenvalue weighted by Gasteiger charge is -2.19. The first-order chi connectivity index (χ1) is 13.7. The van der Waals surface area contributed by atoms with Crippen LogP contribution in [0.3, 0.4) is 0 Å². The minimum absolute atomic E-state index is 0.790. The van der Waals surface area contributed by atoms with E-state index >= 15 is 0 Å². The van der Waals surface area contributed by atoms with Crippen LogP contribution in [0.4, 0.5) is 0 Å². The van der Waals surface area contributed by atoms with Crippen molar-refractivity contribution >= 4 is 0 Å². The first-order valence-electron chi connectivity index (χ1n) is 12.3. The molecule has 162 valence electrons. The van der Waals surface area contributed by atoms with Crippen molar-refractivity contribution in [3.63, 3.8) is 0 Å². The van der Waals surface area contributed by atoms with Crippen LogP contribution in [0.1, 0.15) is 118 Å². The highest BCUT2D eigenvalue weighted by Gasteiger charge is 2.11. The average molecular weight is 387 g/mol. The SMILES string of the molecule is CCCCC/C=C/C/C=C/CCC(CC/C=C/C/C=C/CCCCC)C(C)C. The molecule has 0 atom stereocenters. The van der Waals surface area contributed by atoms with Crippen LogP contribution in [0.2, 0.25) is 0 Å². The smallest absolute Gasteiger partial charge is 0.0169 e. The highest BCUT2D eigenvalue weighted by Crippen LogP contribution is 2.23. The zero-order valence-electron chi connectivity index (χ0n) is 19.7. The minimum Gasteiger partial charge on any atom is -0.0882 e. The summed E-state index contributed by atoms with van der Waals surface area (Å²) in [5.74, 6) is 1.64. The Hall–Kier alpha value is -1.04. The summed E-state index contributed by atoms with van der Waals surface area (Å²) in [5.41, 5.74) is 0. The summed E-state index contributed by atoms with van der Waals surface area (Å²) in [6.07, 6.45) is 36.7. The molecule has 0 radical (unpaired) electrons. The van der Waals surface area contributed by atoms with Gasteiger partial charge in [-0.2, -0.15) is 0 Å². The van der Waals surface area contributed by atoms with Crippen molar-refractivity contribution in [2.45, 2.75) is 118 Å². The first-order valence-corrected chi connectivity index (χ1v) is 12.3. The molecule has 0 aliphatic rings. The minimum atomic E-state index is 0.790. The van der Waals surface area contributed by atoms with Gasteiger partial charge in [-0.15, -0.1) is 0 Å². The second-order valence-corrected chi connectivity index (χ2v) is 8.51. The van der Waals surface area contributed by atoms with E-state index in [0.717, 1.165) is 24.7 Å². The topological polar surface area (TPSA) is 0 Å². The maximum absolute atomic E-state index is 2.39. The average Bonchev–Trinajstić information content (AvgIpc) is 2.68. The quantitative estimate of drug-likeness (QED) is 0.153. The fourth-order valence-electron chi connectivity index (χ4n) is 3.47. The monoisotopic (exact) mass is 386 g/mol. The molecule has 0 saturated carbocycles. The Morgan fingerprint density at radius 1 is 0.500 bits per heavy atom.